The van der Waals surface area contributed by atoms with Gasteiger partial charge in [-0.05, 0) is 31.4 Å². The summed E-state index contributed by atoms with van der Waals surface area (Å²) in [5.41, 5.74) is 3.54. The number of hydrogen-bond donors (Lipinski definition) is 0. The second-order valence-corrected chi connectivity index (χ2v) is 4.90. The first-order valence-corrected chi connectivity index (χ1v) is 5.47. The van der Waals surface area contributed by atoms with Crippen molar-refractivity contribution in [2.75, 3.05) is 0 Å². The van der Waals surface area contributed by atoms with E-state index in [1.807, 2.05) is 13.1 Å². The van der Waals surface area contributed by atoms with Gasteiger partial charge in [-0.25, -0.2) is 0 Å². The third-order valence-electron chi connectivity index (χ3n) is 3.58. The number of Topliss-reactive ketones (excluding diaryl/α,β-unsaturated/α-hetero) is 1. The first-order chi connectivity index (χ1) is 7.01. The van der Waals surface area contributed by atoms with Gasteiger partial charge < -0.3 is 0 Å². The predicted octanol–water partition coefficient (Wildman–Crippen LogP) is 2.71. The highest BCUT2D eigenvalue weighted by Crippen LogP contribution is 2.38. The van der Waals surface area contributed by atoms with E-state index < -0.39 is 0 Å². The monoisotopic (exact) mass is 203 g/mol. The van der Waals surface area contributed by atoms with Crippen molar-refractivity contribution in [1.29, 1.82) is 0 Å². The minimum absolute atomic E-state index is 0.0303. The Morgan fingerprint density at radius 3 is 2.67 bits per heavy atom. The number of rotatable bonds is 1. The van der Waals surface area contributed by atoms with Gasteiger partial charge in [-0.3, -0.25) is 9.78 Å². The van der Waals surface area contributed by atoms with Crippen molar-refractivity contribution in [2.24, 2.45) is 0 Å². The van der Waals surface area contributed by atoms with Crippen LogP contribution in [0.4, 0.5) is 0 Å². The molecule has 1 atom stereocenters. The van der Waals surface area contributed by atoms with Crippen molar-refractivity contribution in [3.63, 3.8) is 0 Å². The van der Waals surface area contributed by atoms with E-state index >= 15 is 0 Å². The fourth-order valence-corrected chi connectivity index (χ4v) is 2.25. The van der Waals surface area contributed by atoms with Crippen LogP contribution in [-0.4, -0.2) is 10.8 Å². The average Bonchev–Trinajstić information content (AvgIpc) is 2.52. The van der Waals surface area contributed by atoms with E-state index in [0.29, 0.717) is 12.2 Å². The Hall–Kier alpha value is -1.18. The highest BCUT2D eigenvalue weighted by atomic mass is 16.1. The Bertz CT molecular complexity index is 411. The van der Waals surface area contributed by atoms with Crippen LogP contribution in [0.15, 0.2) is 12.3 Å². The third-order valence-corrected chi connectivity index (χ3v) is 3.58. The van der Waals surface area contributed by atoms with Crippen LogP contribution < -0.4 is 0 Å². The van der Waals surface area contributed by atoms with Crippen LogP contribution in [0.25, 0.3) is 0 Å². The fraction of sp³-hybridized carbons (Fsp3) is 0.538. The van der Waals surface area contributed by atoms with E-state index in [2.05, 4.69) is 24.9 Å². The van der Waals surface area contributed by atoms with Gasteiger partial charge in [0, 0.05) is 30.1 Å². The Morgan fingerprint density at radius 1 is 1.40 bits per heavy atom. The first-order valence-electron chi connectivity index (χ1n) is 5.47. The predicted molar refractivity (Wildman–Crippen MR) is 59.9 cm³/mol. The molecule has 15 heavy (non-hydrogen) atoms. The molecular formula is C13H17NO. The van der Waals surface area contributed by atoms with E-state index in [1.54, 1.807) is 0 Å². The summed E-state index contributed by atoms with van der Waals surface area (Å²) in [5, 5.41) is 0. The van der Waals surface area contributed by atoms with Crippen molar-refractivity contribution in [3.05, 3.63) is 29.1 Å². The van der Waals surface area contributed by atoms with E-state index in [4.69, 9.17) is 0 Å². The summed E-state index contributed by atoms with van der Waals surface area (Å²) in [6, 6.07) is 2.18. The number of pyridine rings is 1. The zero-order valence-corrected chi connectivity index (χ0v) is 9.63. The highest BCUT2D eigenvalue weighted by Gasteiger charge is 2.35. The molecule has 0 saturated heterocycles. The quantitative estimate of drug-likeness (QED) is 0.702. The van der Waals surface area contributed by atoms with Gasteiger partial charge in [0.05, 0.1) is 0 Å². The summed E-state index contributed by atoms with van der Waals surface area (Å²) >= 11 is 0. The first kappa shape index (κ1) is 10.3. The molecule has 2 nitrogen and oxygen atoms in total. The fourth-order valence-electron chi connectivity index (χ4n) is 2.25. The molecule has 1 unspecified atom stereocenters. The lowest BCUT2D eigenvalue weighted by Crippen LogP contribution is -2.18. The number of nitrogens with zero attached hydrogens (tertiary/aromatic N) is 1. The van der Waals surface area contributed by atoms with Gasteiger partial charge in [-0.2, -0.15) is 0 Å². The molecule has 1 aromatic heterocycles. The number of aryl methyl sites for hydroxylation is 2. The van der Waals surface area contributed by atoms with Crippen LogP contribution in [0.2, 0.25) is 0 Å². The second-order valence-electron chi connectivity index (χ2n) is 4.90. The molecule has 0 N–H and O–H groups in total. The Labute approximate surface area is 90.7 Å². The smallest absolute Gasteiger partial charge is 0.133 e. The molecule has 1 fully saturated rings. The van der Waals surface area contributed by atoms with Crippen LogP contribution in [0, 0.1) is 13.8 Å². The lowest BCUT2D eigenvalue weighted by Gasteiger charge is -2.23. The maximum Gasteiger partial charge on any atom is 0.133 e. The second kappa shape index (κ2) is 3.44. The normalized spacial score (nSPS) is 25.9. The average molecular weight is 203 g/mol. The van der Waals surface area contributed by atoms with Gasteiger partial charge in [0.2, 0.25) is 0 Å². The summed E-state index contributed by atoms with van der Waals surface area (Å²) < 4.78 is 0. The number of aromatic nitrogens is 1. The van der Waals surface area contributed by atoms with E-state index in [1.165, 1.54) is 11.1 Å². The molecule has 2 heteroatoms. The van der Waals surface area contributed by atoms with Gasteiger partial charge in [0.1, 0.15) is 5.78 Å². The molecule has 1 saturated carbocycles. The van der Waals surface area contributed by atoms with Crippen LogP contribution in [0.5, 0.6) is 0 Å². The van der Waals surface area contributed by atoms with Crippen molar-refractivity contribution in [2.45, 2.75) is 45.4 Å². The summed E-state index contributed by atoms with van der Waals surface area (Å²) in [6.07, 6.45) is 4.30. The van der Waals surface area contributed by atoms with Crippen molar-refractivity contribution < 1.29 is 4.79 Å². The van der Waals surface area contributed by atoms with Crippen LogP contribution in [-0.2, 0) is 10.2 Å². The standard InChI is InChI=1S/C13H17NO/c1-9-6-11(8-14-10(9)2)13(3)5-4-12(15)7-13/h6,8H,4-5,7H2,1-3H3. The van der Waals surface area contributed by atoms with E-state index in [0.717, 1.165) is 18.5 Å². The van der Waals surface area contributed by atoms with Crippen molar-refractivity contribution >= 4 is 5.78 Å². The molecule has 0 bridgehead atoms. The molecule has 80 valence electrons. The highest BCUT2D eigenvalue weighted by molar-refractivity contribution is 5.82. The number of carbonyl (C=O) groups is 1. The molecule has 0 aromatic carbocycles. The molecule has 1 aromatic rings. The molecule has 0 amide bonds. The van der Waals surface area contributed by atoms with Crippen LogP contribution in [0.3, 0.4) is 0 Å². The number of carbonyl (C=O) groups excluding carboxylic acids is 1. The lowest BCUT2D eigenvalue weighted by molar-refractivity contribution is -0.117. The number of ketones is 1. The molecule has 0 aliphatic heterocycles. The van der Waals surface area contributed by atoms with Gasteiger partial charge in [-0.15, -0.1) is 0 Å². The minimum Gasteiger partial charge on any atom is -0.300 e. The summed E-state index contributed by atoms with van der Waals surface area (Å²) in [4.78, 5) is 15.7. The molecule has 0 spiro atoms. The summed E-state index contributed by atoms with van der Waals surface area (Å²) in [5.74, 6) is 0.385. The molecule has 1 heterocycles. The largest absolute Gasteiger partial charge is 0.300 e. The molecule has 2 rings (SSSR count). The van der Waals surface area contributed by atoms with Gasteiger partial charge in [0.15, 0.2) is 0 Å². The minimum atomic E-state index is 0.0303. The van der Waals surface area contributed by atoms with Crippen LogP contribution in [0.1, 0.15) is 43.0 Å². The van der Waals surface area contributed by atoms with Gasteiger partial charge in [0.25, 0.3) is 0 Å². The molecule has 1 aliphatic rings. The topological polar surface area (TPSA) is 30.0 Å². The molecule has 1 aliphatic carbocycles. The molecule has 0 radical (unpaired) electrons. The molecular weight excluding hydrogens is 186 g/mol. The SMILES string of the molecule is Cc1cc(C2(C)CCC(=O)C2)cnc1C. The van der Waals surface area contributed by atoms with Crippen molar-refractivity contribution in [3.8, 4) is 0 Å². The van der Waals surface area contributed by atoms with Crippen LogP contribution >= 0.6 is 0 Å². The Balaban J connectivity index is 2.37. The van der Waals surface area contributed by atoms with E-state index in [-0.39, 0.29) is 5.41 Å². The zero-order chi connectivity index (χ0) is 11.1. The lowest BCUT2D eigenvalue weighted by atomic mass is 9.81. The maximum atomic E-state index is 11.4. The van der Waals surface area contributed by atoms with Gasteiger partial charge >= 0.3 is 0 Å². The summed E-state index contributed by atoms with van der Waals surface area (Å²) in [6.45, 7) is 6.26. The maximum absolute atomic E-state index is 11.4. The van der Waals surface area contributed by atoms with Crippen molar-refractivity contribution in [1.82, 2.24) is 4.98 Å². The third kappa shape index (κ3) is 1.81. The zero-order valence-electron chi connectivity index (χ0n) is 9.63. The summed E-state index contributed by atoms with van der Waals surface area (Å²) in [7, 11) is 0. The Kier molecular flexibility index (Phi) is 2.37. The van der Waals surface area contributed by atoms with Gasteiger partial charge in [-0.1, -0.05) is 13.0 Å². The number of hydrogen-bond acceptors (Lipinski definition) is 2. The Morgan fingerprint density at radius 2 is 2.13 bits per heavy atom. The van der Waals surface area contributed by atoms with E-state index in [9.17, 15) is 4.79 Å².